The van der Waals surface area contributed by atoms with Gasteiger partial charge < -0.3 is 16.0 Å². The molecule has 0 saturated heterocycles. The predicted octanol–water partition coefficient (Wildman–Crippen LogP) is 2.84. The van der Waals surface area contributed by atoms with Crippen molar-refractivity contribution in [2.24, 2.45) is 11.7 Å². The van der Waals surface area contributed by atoms with Crippen LogP contribution in [0.2, 0.25) is 0 Å². The van der Waals surface area contributed by atoms with E-state index in [9.17, 15) is 4.79 Å². The maximum absolute atomic E-state index is 11.9. The molecule has 2 unspecified atom stereocenters. The maximum atomic E-state index is 11.9. The summed E-state index contributed by atoms with van der Waals surface area (Å²) in [6, 6.07) is 8.26. The fourth-order valence-electron chi connectivity index (χ4n) is 2.08. The van der Waals surface area contributed by atoms with E-state index in [0.29, 0.717) is 6.04 Å². The summed E-state index contributed by atoms with van der Waals surface area (Å²) in [4.78, 5) is 14.2. The molecule has 0 aliphatic carbocycles. The average Bonchev–Trinajstić information content (AvgIpc) is 2.40. The molecule has 20 heavy (non-hydrogen) atoms. The van der Waals surface area contributed by atoms with Crippen molar-refractivity contribution in [2.45, 2.75) is 46.7 Å². The maximum Gasteiger partial charge on any atom is 0.228 e. The van der Waals surface area contributed by atoms with Crippen molar-refractivity contribution >= 4 is 17.3 Å². The van der Waals surface area contributed by atoms with Gasteiger partial charge in [0.2, 0.25) is 5.91 Å². The van der Waals surface area contributed by atoms with Crippen molar-refractivity contribution in [3.63, 3.8) is 0 Å². The average molecular weight is 277 g/mol. The SMILES string of the molecule is CCN(c1ccc(NC(=O)C(C)C(C)N)cc1)C(C)C. The lowest BCUT2D eigenvalue weighted by molar-refractivity contribution is -0.119. The molecule has 0 heterocycles. The van der Waals surface area contributed by atoms with Crippen LogP contribution in [-0.4, -0.2) is 24.5 Å². The molecule has 2 atom stereocenters. The second-order valence-electron chi connectivity index (χ2n) is 5.56. The molecular formula is C16H27N3O. The fraction of sp³-hybridized carbons (Fsp3) is 0.562. The number of benzene rings is 1. The molecular weight excluding hydrogens is 250 g/mol. The number of amides is 1. The number of anilines is 2. The topological polar surface area (TPSA) is 58.4 Å². The van der Waals surface area contributed by atoms with Crippen LogP contribution in [0.4, 0.5) is 11.4 Å². The van der Waals surface area contributed by atoms with Gasteiger partial charge in [0, 0.05) is 30.0 Å². The predicted molar refractivity (Wildman–Crippen MR) is 86.0 cm³/mol. The van der Waals surface area contributed by atoms with Gasteiger partial charge in [0.15, 0.2) is 0 Å². The third-order valence-electron chi connectivity index (χ3n) is 3.63. The van der Waals surface area contributed by atoms with E-state index in [4.69, 9.17) is 5.73 Å². The Morgan fingerprint density at radius 3 is 2.15 bits per heavy atom. The highest BCUT2D eigenvalue weighted by Crippen LogP contribution is 2.20. The van der Waals surface area contributed by atoms with E-state index >= 15 is 0 Å². The lowest BCUT2D eigenvalue weighted by atomic mass is 10.0. The van der Waals surface area contributed by atoms with Crippen molar-refractivity contribution < 1.29 is 4.79 Å². The summed E-state index contributed by atoms with van der Waals surface area (Å²) in [5.74, 6) is -0.235. The largest absolute Gasteiger partial charge is 0.369 e. The molecule has 4 nitrogen and oxygen atoms in total. The Balaban J connectivity index is 2.74. The van der Waals surface area contributed by atoms with E-state index in [0.717, 1.165) is 12.2 Å². The highest BCUT2D eigenvalue weighted by Gasteiger charge is 2.17. The number of carbonyl (C=O) groups excluding carboxylic acids is 1. The van der Waals surface area contributed by atoms with Crippen LogP contribution in [0.1, 0.15) is 34.6 Å². The molecule has 3 N–H and O–H groups in total. The molecule has 1 rings (SSSR count). The number of carbonyl (C=O) groups is 1. The number of nitrogens with one attached hydrogen (secondary N) is 1. The Morgan fingerprint density at radius 1 is 1.20 bits per heavy atom. The Labute approximate surface area is 122 Å². The fourth-order valence-corrected chi connectivity index (χ4v) is 2.08. The van der Waals surface area contributed by atoms with Gasteiger partial charge >= 0.3 is 0 Å². The molecule has 4 heteroatoms. The smallest absolute Gasteiger partial charge is 0.228 e. The van der Waals surface area contributed by atoms with Crippen LogP contribution in [0.3, 0.4) is 0 Å². The van der Waals surface area contributed by atoms with Gasteiger partial charge in [-0.1, -0.05) is 6.92 Å². The van der Waals surface area contributed by atoms with E-state index in [1.807, 2.05) is 38.1 Å². The Hall–Kier alpha value is -1.55. The third-order valence-corrected chi connectivity index (χ3v) is 3.63. The van der Waals surface area contributed by atoms with Crippen LogP contribution in [0.25, 0.3) is 0 Å². The second kappa shape index (κ2) is 7.29. The lowest BCUT2D eigenvalue weighted by Crippen LogP contribution is -2.34. The van der Waals surface area contributed by atoms with Gasteiger partial charge in [0.1, 0.15) is 0 Å². The third kappa shape index (κ3) is 4.23. The molecule has 1 amide bonds. The van der Waals surface area contributed by atoms with Crippen molar-refractivity contribution in [2.75, 3.05) is 16.8 Å². The quantitative estimate of drug-likeness (QED) is 0.840. The molecule has 0 aromatic heterocycles. The molecule has 0 spiro atoms. The molecule has 0 bridgehead atoms. The van der Waals surface area contributed by atoms with Crippen molar-refractivity contribution in [3.8, 4) is 0 Å². The van der Waals surface area contributed by atoms with Crippen LogP contribution in [0.15, 0.2) is 24.3 Å². The van der Waals surface area contributed by atoms with Crippen LogP contribution in [-0.2, 0) is 4.79 Å². The van der Waals surface area contributed by atoms with Gasteiger partial charge in [-0.05, 0) is 52.0 Å². The monoisotopic (exact) mass is 277 g/mol. The zero-order valence-corrected chi connectivity index (χ0v) is 13.2. The molecule has 0 aliphatic heterocycles. The number of rotatable bonds is 6. The molecule has 1 aromatic rings. The van der Waals surface area contributed by atoms with E-state index in [1.54, 1.807) is 0 Å². The van der Waals surface area contributed by atoms with E-state index < -0.39 is 0 Å². The van der Waals surface area contributed by atoms with E-state index in [-0.39, 0.29) is 17.9 Å². The normalized spacial score (nSPS) is 13.9. The van der Waals surface area contributed by atoms with Crippen LogP contribution < -0.4 is 16.0 Å². The van der Waals surface area contributed by atoms with Gasteiger partial charge in [-0.15, -0.1) is 0 Å². The Kier molecular flexibility index (Phi) is 6.02. The first kappa shape index (κ1) is 16.5. The zero-order chi connectivity index (χ0) is 15.3. The van der Waals surface area contributed by atoms with Crippen molar-refractivity contribution in [1.82, 2.24) is 0 Å². The summed E-state index contributed by atoms with van der Waals surface area (Å²) in [7, 11) is 0. The van der Waals surface area contributed by atoms with Crippen molar-refractivity contribution in [1.29, 1.82) is 0 Å². The summed E-state index contributed by atoms with van der Waals surface area (Å²) in [6.45, 7) is 11.1. The first-order chi connectivity index (χ1) is 9.36. The summed E-state index contributed by atoms with van der Waals surface area (Å²) in [6.07, 6.45) is 0. The molecule has 0 saturated carbocycles. The molecule has 0 fully saturated rings. The van der Waals surface area contributed by atoms with Crippen LogP contribution in [0.5, 0.6) is 0 Å². The van der Waals surface area contributed by atoms with Gasteiger partial charge in [-0.25, -0.2) is 0 Å². The molecule has 0 radical (unpaired) electrons. The summed E-state index contributed by atoms with van der Waals surface area (Å²) in [5.41, 5.74) is 7.72. The first-order valence-electron chi connectivity index (χ1n) is 7.30. The summed E-state index contributed by atoms with van der Waals surface area (Å²) >= 11 is 0. The minimum absolute atomic E-state index is 0.0380. The molecule has 0 aliphatic rings. The van der Waals surface area contributed by atoms with E-state index in [2.05, 4.69) is 31.0 Å². The summed E-state index contributed by atoms with van der Waals surface area (Å²) in [5, 5.41) is 2.90. The van der Waals surface area contributed by atoms with Crippen molar-refractivity contribution in [3.05, 3.63) is 24.3 Å². The highest BCUT2D eigenvalue weighted by molar-refractivity contribution is 5.92. The highest BCUT2D eigenvalue weighted by atomic mass is 16.1. The van der Waals surface area contributed by atoms with Gasteiger partial charge in [0.05, 0.1) is 5.92 Å². The number of hydrogen-bond donors (Lipinski definition) is 2. The van der Waals surface area contributed by atoms with Crippen LogP contribution >= 0.6 is 0 Å². The number of hydrogen-bond acceptors (Lipinski definition) is 3. The van der Waals surface area contributed by atoms with Crippen LogP contribution in [0, 0.1) is 5.92 Å². The van der Waals surface area contributed by atoms with Gasteiger partial charge in [0.25, 0.3) is 0 Å². The summed E-state index contributed by atoms with van der Waals surface area (Å²) < 4.78 is 0. The number of nitrogens with zero attached hydrogens (tertiary/aromatic N) is 1. The lowest BCUT2D eigenvalue weighted by Gasteiger charge is -2.27. The second-order valence-corrected chi connectivity index (χ2v) is 5.56. The van der Waals surface area contributed by atoms with E-state index in [1.165, 1.54) is 5.69 Å². The van der Waals surface area contributed by atoms with Gasteiger partial charge in [-0.3, -0.25) is 4.79 Å². The zero-order valence-electron chi connectivity index (χ0n) is 13.2. The minimum atomic E-state index is -0.197. The minimum Gasteiger partial charge on any atom is -0.369 e. The first-order valence-corrected chi connectivity index (χ1v) is 7.30. The molecule has 112 valence electrons. The molecule has 1 aromatic carbocycles. The Morgan fingerprint density at radius 2 is 1.75 bits per heavy atom. The number of nitrogens with two attached hydrogens (primary N) is 1. The Bertz CT molecular complexity index is 426. The standard InChI is InChI=1S/C16H27N3O/c1-6-19(11(2)3)15-9-7-14(8-10-15)18-16(20)12(4)13(5)17/h7-13H,6,17H2,1-5H3,(H,18,20). The van der Waals surface area contributed by atoms with Gasteiger partial charge in [-0.2, -0.15) is 0 Å².